The van der Waals surface area contributed by atoms with Crippen molar-refractivity contribution in [3.63, 3.8) is 0 Å². The number of carbonyl (C=O) groups is 1. The van der Waals surface area contributed by atoms with Gasteiger partial charge in [0.2, 0.25) is 0 Å². The molecule has 0 N–H and O–H groups in total. The van der Waals surface area contributed by atoms with Crippen LogP contribution in [0.5, 0.6) is 17.2 Å². The Hall–Kier alpha value is -2.89. The molecule has 0 radical (unpaired) electrons. The molecule has 1 heterocycles. The fourth-order valence-corrected chi connectivity index (χ4v) is 3.33. The SMILES string of the molecule is COc1cccc(N2CCN(C(=O)c3ccc(OCC(C)C)c(OC)c3)CC2)c1. The Bertz CT molecular complexity index is 829. The van der Waals surface area contributed by atoms with E-state index in [2.05, 4.69) is 24.8 Å². The highest BCUT2D eigenvalue weighted by Gasteiger charge is 2.23. The van der Waals surface area contributed by atoms with Crippen molar-refractivity contribution in [2.24, 2.45) is 5.92 Å². The predicted octanol–water partition coefficient (Wildman–Crippen LogP) is 3.70. The molecule has 0 saturated carbocycles. The van der Waals surface area contributed by atoms with Crippen molar-refractivity contribution in [2.75, 3.05) is 51.9 Å². The van der Waals surface area contributed by atoms with Gasteiger partial charge in [-0.2, -0.15) is 0 Å². The van der Waals surface area contributed by atoms with Crippen LogP contribution in [0.4, 0.5) is 5.69 Å². The highest BCUT2D eigenvalue weighted by atomic mass is 16.5. The number of nitrogens with zero attached hydrogens (tertiary/aromatic N) is 2. The topological polar surface area (TPSA) is 51.2 Å². The van der Waals surface area contributed by atoms with Gasteiger partial charge in [-0.15, -0.1) is 0 Å². The molecule has 3 rings (SSSR count). The van der Waals surface area contributed by atoms with Crippen LogP contribution in [0.15, 0.2) is 42.5 Å². The summed E-state index contributed by atoms with van der Waals surface area (Å²) in [6.07, 6.45) is 0. The summed E-state index contributed by atoms with van der Waals surface area (Å²) in [6.45, 7) is 7.70. The number of methoxy groups -OCH3 is 2. The Balaban J connectivity index is 1.64. The molecule has 2 aromatic rings. The second-order valence-corrected chi connectivity index (χ2v) is 7.55. The zero-order chi connectivity index (χ0) is 20.8. The summed E-state index contributed by atoms with van der Waals surface area (Å²) in [5.74, 6) is 2.53. The number of piperazine rings is 1. The highest BCUT2D eigenvalue weighted by molar-refractivity contribution is 5.95. The van der Waals surface area contributed by atoms with E-state index < -0.39 is 0 Å². The van der Waals surface area contributed by atoms with Crippen LogP contribution in [0.2, 0.25) is 0 Å². The van der Waals surface area contributed by atoms with Crippen LogP contribution in [-0.2, 0) is 0 Å². The Morgan fingerprint density at radius 2 is 1.72 bits per heavy atom. The molecule has 1 saturated heterocycles. The summed E-state index contributed by atoms with van der Waals surface area (Å²) in [6, 6.07) is 13.4. The summed E-state index contributed by atoms with van der Waals surface area (Å²) >= 11 is 0. The standard InChI is InChI=1S/C23H30N2O4/c1-17(2)16-29-21-9-8-18(14-22(21)28-4)23(26)25-12-10-24(11-13-25)19-6-5-7-20(15-19)27-3/h5-9,14-15,17H,10-13,16H2,1-4H3. The monoisotopic (exact) mass is 398 g/mol. The maximum Gasteiger partial charge on any atom is 0.254 e. The maximum absolute atomic E-state index is 13.0. The van der Waals surface area contributed by atoms with Gasteiger partial charge in [0.25, 0.3) is 5.91 Å². The van der Waals surface area contributed by atoms with E-state index in [1.54, 1.807) is 20.3 Å². The number of ether oxygens (including phenoxy) is 3. The third-order valence-corrected chi connectivity index (χ3v) is 4.97. The minimum Gasteiger partial charge on any atom is -0.497 e. The molecule has 2 aromatic carbocycles. The second-order valence-electron chi connectivity index (χ2n) is 7.55. The lowest BCUT2D eigenvalue weighted by atomic mass is 10.1. The van der Waals surface area contributed by atoms with Crippen LogP contribution in [0.3, 0.4) is 0 Å². The van der Waals surface area contributed by atoms with Gasteiger partial charge in [0.1, 0.15) is 5.75 Å². The van der Waals surface area contributed by atoms with E-state index in [0.29, 0.717) is 42.7 Å². The number of hydrogen-bond acceptors (Lipinski definition) is 5. The van der Waals surface area contributed by atoms with Crippen LogP contribution < -0.4 is 19.1 Å². The van der Waals surface area contributed by atoms with Crippen molar-refractivity contribution < 1.29 is 19.0 Å². The van der Waals surface area contributed by atoms with Gasteiger partial charge in [-0.25, -0.2) is 0 Å². The molecule has 0 atom stereocenters. The molecule has 1 aliphatic heterocycles. The molecule has 6 heteroatoms. The highest BCUT2D eigenvalue weighted by Crippen LogP contribution is 2.29. The van der Waals surface area contributed by atoms with E-state index in [0.717, 1.165) is 24.5 Å². The fraction of sp³-hybridized carbons (Fsp3) is 0.435. The van der Waals surface area contributed by atoms with Crippen molar-refractivity contribution in [1.29, 1.82) is 0 Å². The van der Waals surface area contributed by atoms with Gasteiger partial charge in [-0.1, -0.05) is 19.9 Å². The normalized spacial score (nSPS) is 14.1. The lowest BCUT2D eigenvalue weighted by Gasteiger charge is -2.36. The molecule has 1 aliphatic rings. The third-order valence-electron chi connectivity index (χ3n) is 4.97. The van der Waals surface area contributed by atoms with Crippen molar-refractivity contribution in [2.45, 2.75) is 13.8 Å². The van der Waals surface area contributed by atoms with Gasteiger partial charge in [0.15, 0.2) is 11.5 Å². The predicted molar refractivity (Wildman–Crippen MR) is 114 cm³/mol. The first kappa shape index (κ1) is 20.8. The van der Waals surface area contributed by atoms with E-state index >= 15 is 0 Å². The van der Waals surface area contributed by atoms with Crippen LogP contribution in [0.1, 0.15) is 24.2 Å². The minimum absolute atomic E-state index is 0.0176. The minimum atomic E-state index is 0.0176. The Kier molecular flexibility index (Phi) is 6.86. The molecule has 29 heavy (non-hydrogen) atoms. The zero-order valence-corrected chi connectivity index (χ0v) is 17.7. The molecule has 1 fully saturated rings. The number of carbonyl (C=O) groups excluding carboxylic acids is 1. The van der Waals surface area contributed by atoms with Gasteiger partial charge in [-0.3, -0.25) is 4.79 Å². The van der Waals surface area contributed by atoms with E-state index in [4.69, 9.17) is 14.2 Å². The summed E-state index contributed by atoms with van der Waals surface area (Å²) in [5.41, 5.74) is 1.73. The molecule has 1 amide bonds. The van der Waals surface area contributed by atoms with E-state index in [1.807, 2.05) is 35.2 Å². The number of rotatable bonds is 7. The number of hydrogen-bond donors (Lipinski definition) is 0. The lowest BCUT2D eigenvalue weighted by Crippen LogP contribution is -2.48. The van der Waals surface area contributed by atoms with Gasteiger partial charge < -0.3 is 24.0 Å². The van der Waals surface area contributed by atoms with Gasteiger partial charge in [0.05, 0.1) is 20.8 Å². The average molecular weight is 399 g/mol. The van der Waals surface area contributed by atoms with E-state index in [1.165, 1.54) is 0 Å². The Labute approximate surface area is 173 Å². The molecule has 156 valence electrons. The number of amides is 1. The third kappa shape index (κ3) is 5.13. The number of benzene rings is 2. The van der Waals surface area contributed by atoms with Crippen molar-refractivity contribution in [3.05, 3.63) is 48.0 Å². The summed E-state index contributed by atoms with van der Waals surface area (Å²) < 4.78 is 16.5. The Morgan fingerprint density at radius 3 is 2.38 bits per heavy atom. The molecular weight excluding hydrogens is 368 g/mol. The zero-order valence-electron chi connectivity index (χ0n) is 17.7. The molecule has 0 aromatic heterocycles. The first-order valence-electron chi connectivity index (χ1n) is 10.0. The first-order chi connectivity index (χ1) is 14.0. The summed E-state index contributed by atoms with van der Waals surface area (Å²) in [7, 11) is 3.27. The van der Waals surface area contributed by atoms with Crippen LogP contribution >= 0.6 is 0 Å². The molecule has 0 bridgehead atoms. The lowest BCUT2D eigenvalue weighted by molar-refractivity contribution is 0.0746. The number of anilines is 1. The van der Waals surface area contributed by atoms with Crippen LogP contribution in [0.25, 0.3) is 0 Å². The van der Waals surface area contributed by atoms with Crippen LogP contribution in [0, 0.1) is 5.92 Å². The largest absolute Gasteiger partial charge is 0.497 e. The smallest absolute Gasteiger partial charge is 0.254 e. The van der Waals surface area contributed by atoms with Gasteiger partial charge >= 0.3 is 0 Å². The van der Waals surface area contributed by atoms with Gasteiger partial charge in [0, 0.05) is 43.5 Å². The van der Waals surface area contributed by atoms with Crippen molar-refractivity contribution in [1.82, 2.24) is 4.90 Å². The maximum atomic E-state index is 13.0. The molecule has 6 nitrogen and oxygen atoms in total. The first-order valence-corrected chi connectivity index (χ1v) is 10.0. The fourth-order valence-electron chi connectivity index (χ4n) is 3.33. The quantitative estimate of drug-likeness (QED) is 0.712. The van der Waals surface area contributed by atoms with Crippen LogP contribution in [-0.4, -0.2) is 57.8 Å². The summed E-state index contributed by atoms with van der Waals surface area (Å²) in [5, 5.41) is 0. The van der Waals surface area contributed by atoms with E-state index in [-0.39, 0.29) is 5.91 Å². The average Bonchev–Trinajstić information content (AvgIpc) is 2.77. The molecule has 0 unspecified atom stereocenters. The molecule has 0 aliphatic carbocycles. The van der Waals surface area contributed by atoms with E-state index in [9.17, 15) is 4.79 Å². The molecule has 0 spiro atoms. The summed E-state index contributed by atoms with van der Waals surface area (Å²) in [4.78, 5) is 17.1. The van der Waals surface area contributed by atoms with Crippen molar-refractivity contribution >= 4 is 11.6 Å². The second kappa shape index (κ2) is 9.54. The van der Waals surface area contributed by atoms with Gasteiger partial charge in [-0.05, 0) is 36.2 Å². The Morgan fingerprint density at radius 1 is 0.966 bits per heavy atom. The van der Waals surface area contributed by atoms with Crippen molar-refractivity contribution in [3.8, 4) is 17.2 Å². The molecular formula is C23H30N2O4.